The highest BCUT2D eigenvalue weighted by Gasteiger charge is 2.21. The van der Waals surface area contributed by atoms with E-state index in [2.05, 4.69) is 5.32 Å². The quantitative estimate of drug-likeness (QED) is 0.513. The van der Waals surface area contributed by atoms with E-state index in [1.54, 1.807) is 24.3 Å². The molecule has 6 heteroatoms. The van der Waals surface area contributed by atoms with E-state index in [0.717, 1.165) is 5.75 Å². The summed E-state index contributed by atoms with van der Waals surface area (Å²) in [6.45, 7) is 2.70. The van der Waals surface area contributed by atoms with Gasteiger partial charge in [0.15, 0.2) is 0 Å². The average molecular weight is 297 g/mol. The van der Waals surface area contributed by atoms with Crippen LogP contribution in [0.3, 0.4) is 0 Å². The molecule has 0 heterocycles. The Kier molecular flexibility index (Phi) is 7.74. The molecule has 0 aromatic heterocycles. The normalized spacial score (nSPS) is 13.7. The Hall–Kier alpha value is -1.63. The standard InChI is InChI=1S/C15H23NO5/c1-2-21-12-5-3-11(4-6-12)15(20)13(16-9-10-17)7-8-14(18)19/h3-6,13,15-17,20H,2,7-10H2,1H3,(H,18,19). The fraction of sp³-hybridized carbons (Fsp3) is 0.533. The van der Waals surface area contributed by atoms with Gasteiger partial charge in [0.05, 0.1) is 19.3 Å². The van der Waals surface area contributed by atoms with Gasteiger partial charge in [-0.2, -0.15) is 0 Å². The highest BCUT2D eigenvalue weighted by molar-refractivity contribution is 5.66. The Morgan fingerprint density at radius 1 is 1.33 bits per heavy atom. The Balaban J connectivity index is 2.72. The van der Waals surface area contributed by atoms with E-state index in [4.69, 9.17) is 14.9 Å². The number of hydrogen-bond donors (Lipinski definition) is 4. The molecule has 2 atom stereocenters. The zero-order chi connectivity index (χ0) is 15.7. The monoisotopic (exact) mass is 297 g/mol. The number of aliphatic carboxylic acids is 1. The number of benzene rings is 1. The smallest absolute Gasteiger partial charge is 0.303 e. The van der Waals surface area contributed by atoms with Gasteiger partial charge in [-0.15, -0.1) is 0 Å². The lowest BCUT2D eigenvalue weighted by atomic mass is 9.98. The molecule has 0 radical (unpaired) electrons. The van der Waals surface area contributed by atoms with Crippen molar-refractivity contribution >= 4 is 5.97 Å². The molecule has 1 aromatic carbocycles. The van der Waals surface area contributed by atoms with Crippen molar-refractivity contribution < 1.29 is 24.9 Å². The summed E-state index contributed by atoms with van der Waals surface area (Å²) in [6.07, 6.45) is -0.604. The maximum absolute atomic E-state index is 10.7. The highest BCUT2D eigenvalue weighted by Crippen LogP contribution is 2.22. The number of hydrogen-bond acceptors (Lipinski definition) is 5. The molecule has 6 nitrogen and oxygen atoms in total. The van der Waals surface area contributed by atoms with Crippen LogP contribution in [0, 0.1) is 0 Å². The van der Waals surface area contributed by atoms with Crippen molar-refractivity contribution in [2.45, 2.75) is 31.9 Å². The van der Waals surface area contributed by atoms with E-state index in [9.17, 15) is 9.90 Å². The lowest BCUT2D eigenvalue weighted by Gasteiger charge is -2.24. The van der Waals surface area contributed by atoms with Crippen LogP contribution in [0.25, 0.3) is 0 Å². The summed E-state index contributed by atoms with van der Waals surface area (Å²) in [6, 6.07) is 6.62. The van der Waals surface area contributed by atoms with Gasteiger partial charge in [0.2, 0.25) is 0 Å². The first kappa shape index (κ1) is 17.4. The first-order valence-corrected chi connectivity index (χ1v) is 7.05. The minimum Gasteiger partial charge on any atom is -0.494 e. The van der Waals surface area contributed by atoms with Crippen LogP contribution in [-0.2, 0) is 4.79 Å². The topological polar surface area (TPSA) is 99.0 Å². The second-order valence-corrected chi connectivity index (χ2v) is 4.66. The average Bonchev–Trinajstić information content (AvgIpc) is 2.47. The molecule has 1 aromatic rings. The largest absolute Gasteiger partial charge is 0.494 e. The molecule has 4 N–H and O–H groups in total. The van der Waals surface area contributed by atoms with Crippen LogP contribution in [0.1, 0.15) is 31.4 Å². The van der Waals surface area contributed by atoms with Crippen molar-refractivity contribution in [3.63, 3.8) is 0 Å². The number of ether oxygens (including phenoxy) is 1. The Morgan fingerprint density at radius 2 is 2.00 bits per heavy atom. The van der Waals surface area contributed by atoms with E-state index >= 15 is 0 Å². The molecule has 0 spiro atoms. The van der Waals surface area contributed by atoms with Gasteiger partial charge in [0.25, 0.3) is 0 Å². The van der Waals surface area contributed by atoms with Crippen LogP contribution >= 0.6 is 0 Å². The summed E-state index contributed by atoms with van der Waals surface area (Å²) in [5.74, 6) is -0.191. The summed E-state index contributed by atoms with van der Waals surface area (Å²) in [7, 11) is 0. The number of aliphatic hydroxyl groups is 2. The van der Waals surface area contributed by atoms with Gasteiger partial charge in [-0.3, -0.25) is 4.79 Å². The summed E-state index contributed by atoms with van der Waals surface area (Å²) in [5.41, 5.74) is 0.680. The van der Waals surface area contributed by atoms with Crippen molar-refractivity contribution in [2.24, 2.45) is 0 Å². The number of nitrogens with one attached hydrogen (secondary N) is 1. The fourth-order valence-electron chi connectivity index (χ4n) is 2.06. The van der Waals surface area contributed by atoms with Crippen molar-refractivity contribution in [1.29, 1.82) is 0 Å². The van der Waals surface area contributed by atoms with Gasteiger partial charge in [-0.25, -0.2) is 0 Å². The molecular formula is C15H23NO5. The third-order valence-corrected chi connectivity index (χ3v) is 3.10. The van der Waals surface area contributed by atoms with Gasteiger partial charge >= 0.3 is 5.97 Å². The molecule has 0 amide bonds. The van der Waals surface area contributed by atoms with Crippen LogP contribution in [0.4, 0.5) is 0 Å². The minimum atomic E-state index is -0.912. The van der Waals surface area contributed by atoms with Crippen molar-refractivity contribution in [3.05, 3.63) is 29.8 Å². The predicted octanol–water partition coefficient (Wildman–Crippen LogP) is 0.934. The number of carboxylic acid groups (broad SMARTS) is 1. The van der Waals surface area contributed by atoms with Gasteiger partial charge < -0.3 is 25.4 Å². The summed E-state index contributed by atoms with van der Waals surface area (Å²) < 4.78 is 5.34. The van der Waals surface area contributed by atoms with E-state index in [0.29, 0.717) is 18.7 Å². The molecule has 2 unspecified atom stereocenters. The maximum atomic E-state index is 10.7. The number of rotatable bonds is 10. The zero-order valence-corrected chi connectivity index (χ0v) is 12.2. The molecule has 21 heavy (non-hydrogen) atoms. The summed E-state index contributed by atoms with van der Waals surface area (Å²) >= 11 is 0. The minimum absolute atomic E-state index is 0.0445. The lowest BCUT2D eigenvalue weighted by molar-refractivity contribution is -0.137. The summed E-state index contributed by atoms with van der Waals surface area (Å²) in [5, 5.41) is 31.0. The zero-order valence-electron chi connectivity index (χ0n) is 12.2. The van der Waals surface area contributed by atoms with Gasteiger partial charge in [0.1, 0.15) is 5.75 Å². The summed E-state index contributed by atoms with van der Waals surface area (Å²) in [4.78, 5) is 10.7. The van der Waals surface area contributed by atoms with Gasteiger partial charge in [-0.1, -0.05) is 12.1 Å². The third kappa shape index (κ3) is 6.12. The molecule has 0 saturated heterocycles. The first-order chi connectivity index (χ1) is 10.1. The molecular weight excluding hydrogens is 274 g/mol. The molecule has 118 valence electrons. The van der Waals surface area contributed by atoms with Crippen LogP contribution in [0.2, 0.25) is 0 Å². The maximum Gasteiger partial charge on any atom is 0.303 e. The molecule has 0 aliphatic carbocycles. The second-order valence-electron chi connectivity index (χ2n) is 4.66. The molecule has 0 aliphatic heterocycles. The van der Waals surface area contributed by atoms with Crippen molar-refractivity contribution in [2.75, 3.05) is 19.8 Å². The van der Waals surface area contributed by atoms with Crippen LogP contribution in [0.5, 0.6) is 5.75 Å². The van der Waals surface area contributed by atoms with Crippen molar-refractivity contribution in [1.82, 2.24) is 5.32 Å². The second kappa shape index (κ2) is 9.33. The Labute approximate surface area is 124 Å². The number of carboxylic acids is 1. The molecule has 0 bridgehead atoms. The Morgan fingerprint density at radius 3 is 2.52 bits per heavy atom. The molecule has 0 fully saturated rings. The molecule has 0 aliphatic rings. The molecule has 0 saturated carbocycles. The van der Waals surface area contributed by atoms with Gasteiger partial charge in [0, 0.05) is 19.0 Å². The number of aliphatic hydroxyl groups excluding tert-OH is 2. The van der Waals surface area contributed by atoms with Gasteiger partial charge in [-0.05, 0) is 31.0 Å². The Bertz CT molecular complexity index is 421. The SMILES string of the molecule is CCOc1ccc(C(O)C(CCC(=O)O)NCCO)cc1. The fourth-order valence-corrected chi connectivity index (χ4v) is 2.06. The van der Waals surface area contributed by atoms with Crippen LogP contribution in [0.15, 0.2) is 24.3 Å². The third-order valence-electron chi connectivity index (χ3n) is 3.10. The first-order valence-electron chi connectivity index (χ1n) is 7.05. The van der Waals surface area contributed by atoms with E-state index in [1.807, 2.05) is 6.92 Å². The van der Waals surface area contributed by atoms with Crippen molar-refractivity contribution in [3.8, 4) is 5.75 Å². The molecule has 1 rings (SSSR count). The van der Waals surface area contributed by atoms with Crippen LogP contribution < -0.4 is 10.1 Å². The number of carbonyl (C=O) groups is 1. The van der Waals surface area contributed by atoms with E-state index < -0.39 is 18.1 Å². The predicted molar refractivity (Wildman–Crippen MR) is 78.3 cm³/mol. The van der Waals surface area contributed by atoms with E-state index in [-0.39, 0.29) is 19.4 Å². The lowest BCUT2D eigenvalue weighted by Crippen LogP contribution is -2.37. The highest BCUT2D eigenvalue weighted by atomic mass is 16.5. The van der Waals surface area contributed by atoms with Crippen LogP contribution in [-0.4, -0.2) is 47.1 Å². The van der Waals surface area contributed by atoms with E-state index in [1.165, 1.54) is 0 Å².